The van der Waals surface area contributed by atoms with E-state index in [9.17, 15) is 0 Å². The summed E-state index contributed by atoms with van der Waals surface area (Å²) < 4.78 is 0. The Morgan fingerprint density at radius 2 is 0.887 bits per heavy atom. The number of hydrogen-bond donors (Lipinski definition) is 0. The Labute approximate surface area is 367 Å². The summed E-state index contributed by atoms with van der Waals surface area (Å²) in [6.45, 7) is 4.70. The fourth-order valence-corrected chi connectivity index (χ4v) is 11.2. The van der Waals surface area contributed by atoms with Gasteiger partial charge in [0.1, 0.15) is 0 Å². The summed E-state index contributed by atoms with van der Waals surface area (Å²) in [5, 5.41) is 5.07. The molecule has 62 heavy (non-hydrogen) atoms. The summed E-state index contributed by atoms with van der Waals surface area (Å²) in [6.07, 6.45) is 0. The van der Waals surface area contributed by atoms with Crippen LogP contribution in [-0.2, 0) is 5.41 Å². The summed E-state index contributed by atoms with van der Waals surface area (Å²) >= 11 is 1.88. The lowest BCUT2D eigenvalue weighted by Gasteiger charge is -2.28. The van der Waals surface area contributed by atoms with Crippen molar-refractivity contribution in [1.82, 2.24) is 0 Å². The smallest absolute Gasteiger partial charge is 0.0473 e. The predicted octanol–water partition coefficient (Wildman–Crippen LogP) is 17.0. The van der Waals surface area contributed by atoms with Crippen LogP contribution in [0.2, 0.25) is 0 Å². The van der Waals surface area contributed by atoms with Crippen molar-refractivity contribution in [3.63, 3.8) is 0 Å². The molecule has 0 unspecified atom stereocenters. The molecule has 12 rings (SSSR count). The summed E-state index contributed by atoms with van der Waals surface area (Å²) in [5.74, 6) is 0. The van der Waals surface area contributed by atoms with Gasteiger partial charge in [-0.2, -0.15) is 0 Å². The van der Waals surface area contributed by atoms with E-state index in [2.05, 4.69) is 242 Å². The maximum Gasteiger partial charge on any atom is 0.0473 e. The van der Waals surface area contributed by atoms with Gasteiger partial charge in [-0.15, -0.1) is 0 Å². The van der Waals surface area contributed by atoms with Gasteiger partial charge < -0.3 is 9.80 Å². The third-order valence-corrected chi connectivity index (χ3v) is 14.1. The molecule has 3 heteroatoms. The summed E-state index contributed by atoms with van der Waals surface area (Å²) in [6, 6.07) is 80.3. The first-order valence-electron chi connectivity index (χ1n) is 21.4. The number of fused-ring (bicyclic) bond motifs is 6. The van der Waals surface area contributed by atoms with E-state index in [1.807, 2.05) is 11.8 Å². The van der Waals surface area contributed by atoms with Crippen molar-refractivity contribution in [2.45, 2.75) is 29.1 Å². The molecule has 0 atom stereocenters. The van der Waals surface area contributed by atoms with Crippen LogP contribution in [0.25, 0.3) is 54.9 Å². The van der Waals surface area contributed by atoms with Crippen molar-refractivity contribution in [3.8, 4) is 33.4 Å². The number of benzene rings is 10. The minimum atomic E-state index is -0.0791. The molecular formula is C59H42N2S. The molecule has 0 N–H and O–H groups in total. The zero-order valence-electron chi connectivity index (χ0n) is 34.6. The van der Waals surface area contributed by atoms with Gasteiger partial charge in [-0.1, -0.05) is 165 Å². The molecule has 0 bridgehead atoms. The summed E-state index contributed by atoms with van der Waals surface area (Å²) in [7, 11) is 0. The first kappa shape index (κ1) is 36.5. The molecule has 1 aliphatic carbocycles. The van der Waals surface area contributed by atoms with Crippen LogP contribution in [-0.4, -0.2) is 0 Å². The Kier molecular flexibility index (Phi) is 8.48. The molecule has 294 valence electrons. The SMILES string of the molecule is CC1(C)c2ccccc2-c2ccc(N(c3ccccc3)c3ccc(-c4ccc5c6c(cccc46)Sc4cc(N(c6ccccc6)c6ccc7ccccc7c6)ccc4-5)cc3)cc21. The molecule has 0 fully saturated rings. The zero-order chi connectivity index (χ0) is 41.4. The Bertz CT molecular complexity index is 3350. The van der Waals surface area contributed by atoms with Crippen LogP contribution in [0.5, 0.6) is 0 Å². The highest BCUT2D eigenvalue weighted by molar-refractivity contribution is 7.99. The van der Waals surface area contributed by atoms with Crippen LogP contribution < -0.4 is 9.80 Å². The molecule has 0 aromatic heterocycles. The molecule has 0 saturated heterocycles. The van der Waals surface area contributed by atoms with Crippen molar-refractivity contribution in [1.29, 1.82) is 0 Å². The van der Waals surface area contributed by atoms with Crippen LogP contribution in [0.4, 0.5) is 34.1 Å². The first-order chi connectivity index (χ1) is 30.5. The number of hydrogen-bond acceptors (Lipinski definition) is 3. The van der Waals surface area contributed by atoms with Gasteiger partial charge >= 0.3 is 0 Å². The third-order valence-electron chi connectivity index (χ3n) is 13.0. The second-order valence-electron chi connectivity index (χ2n) is 16.9. The van der Waals surface area contributed by atoms with Gasteiger partial charge in [-0.3, -0.25) is 0 Å². The average Bonchev–Trinajstić information content (AvgIpc) is 3.55. The minimum Gasteiger partial charge on any atom is -0.310 e. The summed E-state index contributed by atoms with van der Waals surface area (Å²) in [4.78, 5) is 7.32. The van der Waals surface area contributed by atoms with E-state index in [0.717, 1.165) is 34.1 Å². The second-order valence-corrected chi connectivity index (χ2v) is 18.0. The minimum absolute atomic E-state index is 0.0791. The Balaban J connectivity index is 0.910. The number of nitrogens with zero attached hydrogens (tertiary/aromatic N) is 2. The highest BCUT2D eigenvalue weighted by Gasteiger charge is 2.35. The highest BCUT2D eigenvalue weighted by Crippen LogP contribution is 2.53. The molecule has 1 heterocycles. The van der Waals surface area contributed by atoms with E-state index in [0.29, 0.717) is 0 Å². The lowest BCUT2D eigenvalue weighted by atomic mass is 9.82. The van der Waals surface area contributed by atoms with Crippen molar-refractivity contribution >= 4 is 67.4 Å². The number of rotatable bonds is 7. The normalized spacial score (nSPS) is 13.1. The van der Waals surface area contributed by atoms with E-state index >= 15 is 0 Å². The van der Waals surface area contributed by atoms with Crippen molar-refractivity contribution in [2.24, 2.45) is 0 Å². The average molecular weight is 811 g/mol. The lowest BCUT2D eigenvalue weighted by molar-refractivity contribution is 0.660. The molecule has 0 radical (unpaired) electrons. The quantitative estimate of drug-likeness (QED) is 0.158. The molecule has 0 spiro atoms. The predicted molar refractivity (Wildman–Crippen MR) is 263 cm³/mol. The van der Waals surface area contributed by atoms with Gasteiger partial charge in [-0.25, -0.2) is 0 Å². The van der Waals surface area contributed by atoms with Gasteiger partial charge in [0.05, 0.1) is 0 Å². The first-order valence-corrected chi connectivity index (χ1v) is 22.2. The summed E-state index contributed by atoms with van der Waals surface area (Å²) in [5.41, 5.74) is 17.2. The molecule has 1 aliphatic heterocycles. The van der Waals surface area contributed by atoms with E-state index in [1.165, 1.54) is 75.8 Å². The topological polar surface area (TPSA) is 6.48 Å². The van der Waals surface area contributed by atoms with Crippen molar-refractivity contribution in [2.75, 3.05) is 9.80 Å². The van der Waals surface area contributed by atoms with Gasteiger partial charge in [0.25, 0.3) is 0 Å². The maximum absolute atomic E-state index is 2.41. The molecule has 10 aromatic carbocycles. The van der Waals surface area contributed by atoms with E-state index in [4.69, 9.17) is 0 Å². The fourth-order valence-electron chi connectivity index (χ4n) is 10.00. The molecule has 10 aromatic rings. The molecule has 2 aliphatic rings. The molecule has 2 nitrogen and oxygen atoms in total. The molecule has 0 amide bonds. The second kappa shape index (κ2) is 14.4. The van der Waals surface area contributed by atoms with Crippen LogP contribution in [0.1, 0.15) is 25.0 Å². The Morgan fingerprint density at radius 1 is 0.339 bits per heavy atom. The largest absolute Gasteiger partial charge is 0.310 e. The van der Waals surface area contributed by atoms with Crippen molar-refractivity contribution < 1.29 is 0 Å². The standard InChI is InChI=1S/C59H42N2S/c1-59(2)54-22-12-11-20-49(54)50-32-30-46(37-55(50)59)60(42-16-5-3-6-17-42)44-27-25-40(26-28-44)48-34-35-53-51-33-31-47(38-57(51)62-56-23-13-21-52(48)58(53)56)61(43-18-7-4-8-19-43)45-29-24-39-14-9-10-15-41(39)36-45/h3-38H,1-2H3. The monoisotopic (exact) mass is 810 g/mol. The van der Waals surface area contributed by atoms with E-state index in [-0.39, 0.29) is 5.41 Å². The van der Waals surface area contributed by atoms with Crippen LogP contribution in [0.3, 0.4) is 0 Å². The number of anilines is 6. The Morgan fingerprint density at radius 3 is 1.66 bits per heavy atom. The zero-order valence-corrected chi connectivity index (χ0v) is 35.4. The van der Waals surface area contributed by atoms with Gasteiger partial charge in [0.2, 0.25) is 0 Å². The van der Waals surface area contributed by atoms with E-state index < -0.39 is 0 Å². The van der Waals surface area contributed by atoms with Crippen LogP contribution in [0.15, 0.2) is 228 Å². The van der Waals surface area contributed by atoms with Crippen molar-refractivity contribution in [3.05, 3.63) is 230 Å². The highest BCUT2D eigenvalue weighted by atomic mass is 32.2. The maximum atomic E-state index is 2.41. The van der Waals surface area contributed by atoms with E-state index in [1.54, 1.807) is 0 Å². The van der Waals surface area contributed by atoms with Crippen LogP contribution >= 0.6 is 11.8 Å². The Hall–Kier alpha value is -7.33. The lowest BCUT2D eigenvalue weighted by Crippen LogP contribution is -2.16. The van der Waals surface area contributed by atoms with Gasteiger partial charge in [0, 0.05) is 54.7 Å². The van der Waals surface area contributed by atoms with Gasteiger partial charge in [0.15, 0.2) is 0 Å². The molecule has 0 saturated carbocycles. The number of para-hydroxylation sites is 2. The fraction of sp³-hybridized carbons (Fsp3) is 0.0508. The van der Waals surface area contributed by atoms with Gasteiger partial charge in [-0.05, 0) is 140 Å². The molecular weight excluding hydrogens is 769 g/mol. The third kappa shape index (κ3) is 5.88. The van der Waals surface area contributed by atoms with Crippen LogP contribution in [0, 0.1) is 0 Å².